The summed E-state index contributed by atoms with van der Waals surface area (Å²) in [6, 6.07) is 23.8. The van der Waals surface area contributed by atoms with Crippen molar-refractivity contribution < 1.29 is 9.59 Å². The summed E-state index contributed by atoms with van der Waals surface area (Å²) in [7, 11) is 0. The molecular formula is C26H17Cl2N3O2. The lowest BCUT2D eigenvalue weighted by atomic mass is 10.1. The summed E-state index contributed by atoms with van der Waals surface area (Å²) < 4.78 is 0. The molecule has 5 rings (SSSR count). The highest BCUT2D eigenvalue weighted by Gasteiger charge is 2.29. The van der Waals surface area contributed by atoms with Gasteiger partial charge in [0.15, 0.2) is 0 Å². The smallest absolute Gasteiger partial charge is 0.271 e. The standard InChI is InChI=1S/C26H17Cl2N3O2/c27-20-12-11-19(22(28)13-20)14-29-30-25(32)18-9-7-16(8-10-18)15-31-23-6-2-4-17-3-1-5-21(24(17)23)26(31)33/h1-14H,15H2,(H,30,32). The SMILES string of the molecule is O=C(NN=Cc1ccc(Cl)cc1Cl)c1ccc(CN2C(=O)c3cccc4cccc2c34)cc1. The van der Waals surface area contributed by atoms with Crippen molar-refractivity contribution in [3.05, 3.63) is 111 Å². The lowest BCUT2D eigenvalue weighted by Crippen LogP contribution is -2.26. The van der Waals surface area contributed by atoms with Gasteiger partial charge in [-0.3, -0.25) is 9.59 Å². The van der Waals surface area contributed by atoms with Gasteiger partial charge >= 0.3 is 0 Å². The molecule has 0 unspecified atom stereocenters. The predicted molar refractivity (Wildman–Crippen MR) is 132 cm³/mol. The molecule has 5 nitrogen and oxygen atoms in total. The number of rotatable bonds is 5. The van der Waals surface area contributed by atoms with Gasteiger partial charge in [-0.15, -0.1) is 0 Å². The van der Waals surface area contributed by atoms with Crippen LogP contribution < -0.4 is 10.3 Å². The van der Waals surface area contributed by atoms with Crippen LogP contribution in [0.5, 0.6) is 0 Å². The number of hydrazone groups is 1. The zero-order chi connectivity index (χ0) is 22.9. The third-order valence-corrected chi connectivity index (χ3v) is 6.10. The van der Waals surface area contributed by atoms with Crippen LogP contribution in [-0.2, 0) is 6.54 Å². The van der Waals surface area contributed by atoms with Crippen molar-refractivity contribution in [3.8, 4) is 0 Å². The Balaban J connectivity index is 1.27. The minimum atomic E-state index is -0.350. The topological polar surface area (TPSA) is 61.8 Å². The number of nitrogens with zero attached hydrogens (tertiary/aromatic N) is 2. The van der Waals surface area contributed by atoms with Gasteiger partial charge in [0.25, 0.3) is 11.8 Å². The Hall–Kier alpha value is -3.67. The first-order valence-electron chi connectivity index (χ1n) is 10.2. The van der Waals surface area contributed by atoms with Crippen molar-refractivity contribution in [1.29, 1.82) is 0 Å². The first-order valence-corrected chi connectivity index (χ1v) is 11.0. The number of halogens is 2. The monoisotopic (exact) mass is 473 g/mol. The third kappa shape index (κ3) is 4.09. The minimum absolute atomic E-state index is 0.0150. The zero-order valence-corrected chi connectivity index (χ0v) is 18.8. The number of benzene rings is 4. The second-order valence-corrected chi connectivity index (χ2v) is 8.48. The Kier molecular flexibility index (Phi) is 5.58. The number of hydrogen-bond donors (Lipinski definition) is 1. The fourth-order valence-electron chi connectivity index (χ4n) is 3.91. The van der Waals surface area contributed by atoms with Gasteiger partial charge < -0.3 is 4.90 Å². The molecular weight excluding hydrogens is 457 g/mol. The molecule has 0 spiro atoms. The molecule has 33 heavy (non-hydrogen) atoms. The molecule has 0 aliphatic carbocycles. The number of hydrogen-bond acceptors (Lipinski definition) is 3. The van der Waals surface area contributed by atoms with Crippen molar-refractivity contribution in [2.45, 2.75) is 6.54 Å². The maximum atomic E-state index is 13.0. The predicted octanol–water partition coefficient (Wildman–Crippen LogP) is 6.07. The molecule has 162 valence electrons. The van der Waals surface area contributed by atoms with Gasteiger partial charge in [0.1, 0.15) is 0 Å². The minimum Gasteiger partial charge on any atom is -0.303 e. The molecule has 1 heterocycles. The molecule has 1 N–H and O–H groups in total. The average Bonchev–Trinajstić information content (AvgIpc) is 3.09. The number of amides is 2. The van der Waals surface area contributed by atoms with Crippen molar-refractivity contribution >= 4 is 57.7 Å². The van der Waals surface area contributed by atoms with E-state index in [4.69, 9.17) is 23.2 Å². The van der Waals surface area contributed by atoms with E-state index in [1.54, 1.807) is 35.2 Å². The second-order valence-electron chi connectivity index (χ2n) is 7.63. The summed E-state index contributed by atoms with van der Waals surface area (Å²) >= 11 is 12.0. The van der Waals surface area contributed by atoms with Gasteiger partial charge in [-0.05, 0) is 47.3 Å². The number of nitrogens with one attached hydrogen (secondary N) is 1. The first kappa shape index (κ1) is 21.2. The lowest BCUT2D eigenvalue weighted by Gasteiger charge is -2.18. The molecule has 1 aliphatic rings. The van der Waals surface area contributed by atoms with Crippen LogP contribution in [0, 0.1) is 0 Å². The number of carbonyl (C=O) groups is 2. The molecule has 1 aliphatic heterocycles. The van der Waals surface area contributed by atoms with Gasteiger partial charge in [0, 0.05) is 27.1 Å². The molecule has 0 saturated carbocycles. The quantitative estimate of drug-likeness (QED) is 0.282. The van der Waals surface area contributed by atoms with Gasteiger partial charge in [0.05, 0.1) is 23.5 Å². The Morgan fingerprint density at radius 2 is 1.73 bits per heavy atom. The van der Waals surface area contributed by atoms with Crippen LogP contribution >= 0.6 is 23.2 Å². The molecule has 0 aromatic heterocycles. The summed E-state index contributed by atoms with van der Waals surface area (Å²) in [4.78, 5) is 27.1. The summed E-state index contributed by atoms with van der Waals surface area (Å²) in [5.74, 6) is -0.365. The Morgan fingerprint density at radius 3 is 2.48 bits per heavy atom. The van der Waals surface area contributed by atoms with Crippen LogP contribution in [0.15, 0.2) is 84.0 Å². The van der Waals surface area contributed by atoms with Gasteiger partial charge in [-0.1, -0.05) is 65.7 Å². The van der Waals surface area contributed by atoms with E-state index in [2.05, 4.69) is 10.5 Å². The molecule has 0 radical (unpaired) electrons. The summed E-state index contributed by atoms with van der Waals surface area (Å²) in [6.07, 6.45) is 1.46. The normalized spacial score (nSPS) is 12.7. The molecule has 0 atom stereocenters. The lowest BCUT2D eigenvalue weighted by molar-refractivity contribution is 0.0953. The van der Waals surface area contributed by atoms with Crippen molar-refractivity contribution in [1.82, 2.24) is 5.43 Å². The van der Waals surface area contributed by atoms with E-state index in [-0.39, 0.29) is 11.8 Å². The molecule has 7 heteroatoms. The first-order chi connectivity index (χ1) is 16.0. The molecule has 0 saturated heterocycles. The number of carbonyl (C=O) groups excluding carboxylic acids is 2. The van der Waals surface area contributed by atoms with Crippen LogP contribution in [0.3, 0.4) is 0 Å². The Morgan fingerprint density at radius 1 is 0.970 bits per heavy atom. The average molecular weight is 474 g/mol. The van der Waals surface area contributed by atoms with E-state index in [0.717, 1.165) is 27.6 Å². The fourth-order valence-corrected chi connectivity index (χ4v) is 4.37. The largest absolute Gasteiger partial charge is 0.303 e. The van der Waals surface area contributed by atoms with E-state index in [9.17, 15) is 9.59 Å². The van der Waals surface area contributed by atoms with E-state index in [0.29, 0.717) is 27.7 Å². The van der Waals surface area contributed by atoms with Gasteiger partial charge in [-0.2, -0.15) is 5.10 Å². The summed E-state index contributed by atoms with van der Waals surface area (Å²) in [5, 5.41) is 6.97. The van der Waals surface area contributed by atoms with Gasteiger partial charge in [-0.25, -0.2) is 5.43 Å². The maximum absolute atomic E-state index is 13.0. The molecule has 0 fully saturated rings. The zero-order valence-electron chi connectivity index (χ0n) is 17.3. The summed E-state index contributed by atoms with van der Waals surface area (Å²) in [6.45, 7) is 0.418. The van der Waals surface area contributed by atoms with Crippen LogP contribution in [0.2, 0.25) is 10.0 Å². The highest BCUT2D eigenvalue weighted by molar-refractivity contribution is 6.36. The van der Waals surface area contributed by atoms with Crippen molar-refractivity contribution in [3.63, 3.8) is 0 Å². The van der Waals surface area contributed by atoms with Crippen LogP contribution in [-0.4, -0.2) is 18.0 Å². The van der Waals surface area contributed by atoms with Crippen molar-refractivity contribution in [2.75, 3.05) is 4.90 Å². The van der Waals surface area contributed by atoms with Crippen LogP contribution in [0.4, 0.5) is 5.69 Å². The van der Waals surface area contributed by atoms with E-state index in [1.807, 2.05) is 48.5 Å². The highest BCUT2D eigenvalue weighted by Crippen LogP contribution is 2.37. The van der Waals surface area contributed by atoms with E-state index in [1.165, 1.54) is 6.21 Å². The summed E-state index contributed by atoms with van der Waals surface area (Å²) in [5.41, 5.74) is 6.13. The Bertz CT molecular complexity index is 1430. The van der Waals surface area contributed by atoms with Crippen LogP contribution in [0.25, 0.3) is 10.8 Å². The van der Waals surface area contributed by atoms with E-state index >= 15 is 0 Å². The van der Waals surface area contributed by atoms with Crippen LogP contribution in [0.1, 0.15) is 31.8 Å². The third-order valence-electron chi connectivity index (χ3n) is 5.54. The Labute approximate surface area is 200 Å². The van der Waals surface area contributed by atoms with Gasteiger partial charge in [0.2, 0.25) is 0 Å². The maximum Gasteiger partial charge on any atom is 0.271 e. The molecule has 2 amide bonds. The fraction of sp³-hybridized carbons (Fsp3) is 0.0385. The molecule has 4 aromatic rings. The highest BCUT2D eigenvalue weighted by atomic mass is 35.5. The molecule has 4 aromatic carbocycles. The van der Waals surface area contributed by atoms with E-state index < -0.39 is 0 Å². The second kappa shape index (κ2) is 8.70. The number of anilines is 1. The van der Waals surface area contributed by atoms with Crippen molar-refractivity contribution in [2.24, 2.45) is 5.10 Å². The molecule has 0 bridgehead atoms.